The number of aliphatic hydroxyl groups is 3. The number of hydrogen-bond acceptors (Lipinski definition) is 11. The molecule has 0 amide bonds. The van der Waals surface area contributed by atoms with E-state index in [4.69, 9.17) is 15.0 Å². The Morgan fingerprint density at radius 3 is 2.50 bits per heavy atom. The minimum absolute atomic E-state index is 0.246. The molecule has 0 spiro atoms. The number of nitrogens with one attached hydrogen (secondary N) is 2. The van der Waals surface area contributed by atoms with Crippen LogP contribution < -0.4 is 15.4 Å². The molecule has 0 bridgehead atoms. The summed E-state index contributed by atoms with van der Waals surface area (Å²) >= 11 is 1.49. The summed E-state index contributed by atoms with van der Waals surface area (Å²) in [5.41, 5.74) is 2.18. The van der Waals surface area contributed by atoms with Gasteiger partial charge in [-0.1, -0.05) is 12.1 Å². The molecule has 3 heterocycles. The van der Waals surface area contributed by atoms with Crippen molar-refractivity contribution in [1.29, 1.82) is 0 Å². The Balaban J connectivity index is 1.35. The highest BCUT2D eigenvalue weighted by Gasteiger charge is 2.50. The predicted molar refractivity (Wildman–Crippen MR) is 160 cm³/mol. The average Bonchev–Trinajstić information content (AvgIpc) is 3.67. The summed E-state index contributed by atoms with van der Waals surface area (Å²) in [5.74, 6) is 0.188. The molecule has 2 fully saturated rings. The number of ether oxygens (including phenoxy) is 1. The highest BCUT2D eigenvalue weighted by molar-refractivity contribution is 7.21. The van der Waals surface area contributed by atoms with Crippen molar-refractivity contribution in [3.63, 3.8) is 0 Å². The number of aliphatic hydroxyl groups excluding tert-OH is 2. The smallest absolute Gasteiger partial charge is 0.406 e. The summed E-state index contributed by atoms with van der Waals surface area (Å²) in [7, 11) is 0. The topological polar surface area (TPSA) is 146 Å². The van der Waals surface area contributed by atoms with Crippen molar-refractivity contribution >= 4 is 33.3 Å². The van der Waals surface area contributed by atoms with E-state index >= 15 is 0 Å². The first-order valence-corrected chi connectivity index (χ1v) is 15.2. The van der Waals surface area contributed by atoms with Gasteiger partial charge in [-0.25, -0.2) is 9.97 Å². The number of halogens is 3. The van der Waals surface area contributed by atoms with Crippen LogP contribution in [0.25, 0.3) is 20.8 Å². The molecule has 0 saturated heterocycles. The molecule has 14 heteroatoms. The number of anilines is 2. The molecule has 44 heavy (non-hydrogen) atoms. The lowest BCUT2D eigenvalue weighted by Crippen LogP contribution is -2.48. The number of alkyl halides is 3. The van der Waals surface area contributed by atoms with E-state index < -0.39 is 36.1 Å². The highest BCUT2D eigenvalue weighted by atomic mass is 32.1. The zero-order chi connectivity index (χ0) is 31.4. The van der Waals surface area contributed by atoms with Crippen molar-refractivity contribution in [2.45, 2.75) is 76.1 Å². The first-order valence-electron chi connectivity index (χ1n) is 14.4. The molecular weight excluding hydrogens is 597 g/mol. The van der Waals surface area contributed by atoms with Crippen LogP contribution in [-0.2, 0) is 0 Å². The number of aromatic nitrogens is 4. The van der Waals surface area contributed by atoms with Crippen LogP contribution in [0, 0.1) is 12.8 Å². The maximum absolute atomic E-state index is 12.6. The van der Waals surface area contributed by atoms with E-state index in [9.17, 15) is 28.5 Å². The van der Waals surface area contributed by atoms with E-state index in [-0.39, 0.29) is 18.3 Å². The third kappa shape index (κ3) is 6.03. The van der Waals surface area contributed by atoms with Gasteiger partial charge in [0.1, 0.15) is 27.7 Å². The Morgan fingerprint density at radius 2 is 1.86 bits per heavy atom. The van der Waals surface area contributed by atoms with Gasteiger partial charge in [0.2, 0.25) is 5.95 Å². The van der Waals surface area contributed by atoms with Crippen LogP contribution >= 0.6 is 11.3 Å². The van der Waals surface area contributed by atoms with Crippen LogP contribution in [0.4, 0.5) is 24.9 Å². The van der Waals surface area contributed by atoms with Gasteiger partial charge in [-0.2, -0.15) is 4.98 Å². The number of fused-ring (bicyclic) bond motifs is 1. The van der Waals surface area contributed by atoms with Gasteiger partial charge in [-0.3, -0.25) is 4.98 Å². The van der Waals surface area contributed by atoms with Gasteiger partial charge in [0.05, 0.1) is 39.8 Å². The fraction of sp³-hybridized carbons (Fsp3) is 0.467. The quantitative estimate of drug-likeness (QED) is 0.165. The summed E-state index contributed by atoms with van der Waals surface area (Å²) < 4.78 is 42.7. The Labute approximate surface area is 255 Å². The molecule has 0 aliphatic heterocycles. The van der Waals surface area contributed by atoms with Crippen LogP contribution in [-0.4, -0.2) is 66.0 Å². The molecule has 6 rings (SSSR count). The van der Waals surface area contributed by atoms with Crippen molar-refractivity contribution in [1.82, 2.24) is 19.9 Å². The molecule has 2 aliphatic rings. The monoisotopic (exact) mass is 630 g/mol. The number of hydrogen-bond donors (Lipinski definition) is 5. The Morgan fingerprint density at radius 1 is 1.14 bits per heavy atom. The highest BCUT2D eigenvalue weighted by Crippen LogP contribution is 2.45. The van der Waals surface area contributed by atoms with Crippen molar-refractivity contribution in [2.24, 2.45) is 5.92 Å². The lowest BCUT2D eigenvalue weighted by molar-refractivity contribution is -0.274. The number of benzene rings is 1. The summed E-state index contributed by atoms with van der Waals surface area (Å²) in [6, 6.07) is 6.43. The second-order valence-electron chi connectivity index (χ2n) is 11.7. The molecular formula is C30H33F3N6O4S. The van der Waals surface area contributed by atoms with Crippen LogP contribution in [0.15, 0.2) is 36.5 Å². The lowest BCUT2D eigenvalue weighted by atomic mass is 9.96. The zero-order valence-corrected chi connectivity index (χ0v) is 25.1. The first-order chi connectivity index (χ1) is 20.8. The second-order valence-corrected chi connectivity index (χ2v) is 12.8. The fourth-order valence-corrected chi connectivity index (χ4v) is 6.84. The molecule has 5 atom stereocenters. The standard InChI is InChI=1S/C30H33F3N6O4S/c1-14(16-6-8-19(9-7-16)43-30(31,32)33)35-28-36-15(2)22(26(39-28)37-21-12-18(13-40)25(41)29(21,3)42)27-38-24-20(44-27)10-11-34-23(24)17-4-5-17/h6-11,14,17-18,21,25,40-42H,4-5,12-13H2,1-3H3,(H2,35,36,37,39)/t14-,18-,21?,25-,29+/m1/s1. The molecule has 234 valence electrons. The van der Waals surface area contributed by atoms with Gasteiger partial charge in [0, 0.05) is 24.6 Å². The minimum atomic E-state index is -4.78. The predicted octanol–water partition coefficient (Wildman–Crippen LogP) is 5.31. The Hall–Kier alpha value is -3.59. The lowest BCUT2D eigenvalue weighted by Gasteiger charge is -2.30. The molecule has 10 nitrogen and oxygen atoms in total. The average molecular weight is 631 g/mol. The van der Waals surface area contributed by atoms with Crippen LogP contribution in [0.3, 0.4) is 0 Å². The van der Waals surface area contributed by atoms with Gasteiger partial charge < -0.3 is 30.7 Å². The normalized spacial score (nSPS) is 24.4. The summed E-state index contributed by atoms with van der Waals surface area (Å²) in [5, 5.41) is 38.9. The van der Waals surface area contributed by atoms with Gasteiger partial charge >= 0.3 is 6.36 Å². The van der Waals surface area contributed by atoms with Gasteiger partial charge in [-0.05, 0) is 63.8 Å². The third-order valence-corrected chi connectivity index (χ3v) is 9.44. The fourth-order valence-electron chi connectivity index (χ4n) is 5.77. The van der Waals surface area contributed by atoms with Crippen molar-refractivity contribution in [3.8, 4) is 16.3 Å². The van der Waals surface area contributed by atoms with Crippen LogP contribution in [0.1, 0.15) is 62.0 Å². The van der Waals surface area contributed by atoms with Crippen molar-refractivity contribution in [2.75, 3.05) is 17.2 Å². The van der Waals surface area contributed by atoms with E-state index in [1.54, 1.807) is 6.20 Å². The van der Waals surface area contributed by atoms with E-state index in [2.05, 4.69) is 20.4 Å². The summed E-state index contributed by atoms with van der Waals surface area (Å²) in [6.45, 7) is 4.89. The van der Waals surface area contributed by atoms with Gasteiger partial charge in [-0.15, -0.1) is 24.5 Å². The molecule has 1 aromatic carbocycles. The van der Waals surface area contributed by atoms with Crippen molar-refractivity contribution < 1.29 is 33.2 Å². The van der Waals surface area contributed by atoms with Gasteiger partial charge in [0.25, 0.3) is 0 Å². The van der Waals surface area contributed by atoms with Gasteiger partial charge in [0.15, 0.2) is 0 Å². The van der Waals surface area contributed by atoms with Crippen molar-refractivity contribution in [3.05, 3.63) is 53.5 Å². The molecule has 2 saturated carbocycles. The maximum Gasteiger partial charge on any atom is 0.573 e. The molecule has 1 unspecified atom stereocenters. The Kier molecular flexibility index (Phi) is 7.89. The summed E-state index contributed by atoms with van der Waals surface area (Å²) in [6.07, 6.45) is -1.67. The molecule has 4 aromatic rings. The first kappa shape index (κ1) is 30.4. The number of nitrogens with zero attached hydrogens (tertiary/aromatic N) is 4. The maximum atomic E-state index is 12.6. The zero-order valence-electron chi connectivity index (χ0n) is 24.3. The number of thiazole rings is 1. The largest absolute Gasteiger partial charge is 0.573 e. The van der Waals surface area contributed by atoms with E-state index in [1.165, 1.54) is 42.5 Å². The summed E-state index contributed by atoms with van der Waals surface area (Å²) in [4.78, 5) is 19.0. The number of aryl methyl sites for hydroxylation is 1. The SMILES string of the molecule is Cc1nc(N[C@H](C)c2ccc(OC(F)(F)F)cc2)nc(NC2C[C@H](CO)[C@@H](O)[C@@]2(C)O)c1-c1nc2c(C3CC3)nccc2s1. The van der Waals surface area contributed by atoms with E-state index in [0.717, 1.165) is 28.8 Å². The number of pyridine rings is 1. The minimum Gasteiger partial charge on any atom is -0.406 e. The van der Waals surface area contributed by atoms with Crippen LogP contribution in [0.2, 0.25) is 0 Å². The molecule has 3 aromatic heterocycles. The number of rotatable bonds is 9. The van der Waals surface area contributed by atoms with E-state index in [1.807, 2.05) is 19.9 Å². The Bertz CT molecular complexity index is 1660. The van der Waals surface area contributed by atoms with E-state index in [0.29, 0.717) is 40.0 Å². The molecule has 5 N–H and O–H groups in total. The second kappa shape index (κ2) is 11.4. The van der Waals surface area contributed by atoms with Crippen LogP contribution in [0.5, 0.6) is 5.75 Å². The molecule has 2 aliphatic carbocycles. The molecule has 0 radical (unpaired) electrons. The third-order valence-electron chi connectivity index (χ3n) is 8.40.